The van der Waals surface area contributed by atoms with E-state index >= 15 is 0 Å². The third-order valence-corrected chi connectivity index (χ3v) is 3.49. The molecule has 2 aromatic heterocycles. The van der Waals surface area contributed by atoms with E-state index in [0.29, 0.717) is 16.7 Å². The van der Waals surface area contributed by atoms with Gasteiger partial charge in [0, 0.05) is 6.20 Å². The molecule has 6 heteroatoms. The van der Waals surface area contributed by atoms with E-state index in [4.69, 9.17) is 0 Å². The molecule has 20 heavy (non-hydrogen) atoms. The molecule has 0 aliphatic rings. The quantitative estimate of drug-likeness (QED) is 0.725. The van der Waals surface area contributed by atoms with Crippen LogP contribution in [0.4, 0.5) is 0 Å². The number of aromatic nitrogens is 3. The first kappa shape index (κ1) is 12.8. The number of pyridine rings is 1. The van der Waals surface area contributed by atoms with Gasteiger partial charge in [0.2, 0.25) is 0 Å². The summed E-state index contributed by atoms with van der Waals surface area (Å²) in [6.45, 7) is 0.342. The summed E-state index contributed by atoms with van der Waals surface area (Å²) in [7, 11) is 0. The number of hydrogen-bond donors (Lipinski definition) is 2. The van der Waals surface area contributed by atoms with Gasteiger partial charge in [0.25, 0.3) is 5.91 Å². The minimum Gasteiger partial charge on any atom is -0.345 e. The number of benzene rings is 1. The van der Waals surface area contributed by atoms with Gasteiger partial charge in [0.05, 0.1) is 23.1 Å². The molecule has 3 rings (SSSR count). The molecule has 5 nitrogen and oxygen atoms in total. The van der Waals surface area contributed by atoms with Gasteiger partial charge in [-0.2, -0.15) is 0 Å². The summed E-state index contributed by atoms with van der Waals surface area (Å²) >= 11 is 3.26. The molecular formula is C14H11BrN4O. The van der Waals surface area contributed by atoms with E-state index in [0.717, 1.165) is 16.9 Å². The predicted molar refractivity (Wildman–Crippen MR) is 79.2 cm³/mol. The average Bonchev–Trinajstić information content (AvgIpc) is 2.88. The van der Waals surface area contributed by atoms with Crippen LogP contribution in [-0.4, -0.2) is 20.9 Å². The Hall–Kier alpha value is -2.21. The van der Waals surface area contributed by atoms with E-state index in [9.17, 15) is 4.79 Å². The summed E-state index contributed by atoms with van der Waals surface area (Å²) < 4.78 is 0.530. The van der Waals surface area contributed by atoms with Crippen LogP contribution in [0.25, 0.3) is 11.0 Å². The lowest BCUT2D eigenvalue weighted by Crippen LogP contribution is -2.23. The van der Waals surface area contributed by atoms with Gasteiger partial charge in [-0.15, -0.1) is 0 Å². The van der Waals surface area contributed by atoms with Crippen molar-refractivity contribution >= 4 is 32.9 Å². The van der Waals surface area contributed by atoms with Crippen molar-refractivity contribution in [2.45, 2.75) is 6.54 Å². The lowest BCUT2D eigenvalue weighted by Gasteiger charge is -2.04. The lowest BCUT2D eigenvalue weighted by molar-refractivity contribution is 0.0949. The van der Waals surface area contributed by atoms with E-state index < -0.39 is 0 Å². The minimum absolute atomic E-state index is 0.189. The van der Waals surface area contributed by atoms with Crippen LogP contribution in [-0.2, 0) is 6.54 Å². The van der Waals surface area contributed by atoms with Crippen LogP contribution >= 0.6 is 15.9 Å². The summed E-state index contributed by atoms with van der Waals surface area (Å²) in [5.74, 6) is 0.532. The molecular weight excluding hydrogens is 320 g/mol. The van der Waals surface area contributed by atoms with Gasteiger partial charge in [-0.1, -0.05) is 12.1 Å². The van der Waals surface area contributed by atoms with Crippen molar-refractivity contribution < 1.29 is 4.79 Å². The van der Waals surface area contributed by atoms with Crippen LogP contribution in [0.15, 0.2) is 47.2 Å². The third kappa shape index (κ3) is 2.55. The Balaban J connectivity index is 1.73. The Morgan fingerprint density at radius 2 is 2.10 bits per heavy atom. The van der Waals surface area contributed by atoms with Crippen molar-refractivity contribution in [3.05, 3.63) is 58.6 Å². The normalized spacial score (nSPS) is 10.7. The average molecular weight is 331 g/mol. The summed E-state index contributed by atoms with van der Waals surface area (Å²) in [4.78, 5) is 23.6. The molecule has 2 N–H and O–H groups in total. The summed E-state index contributed by atoms with van der Waals surface area (Å²) in [5, 5.41) is 2.81. The largest absolute Gasteiger partial charge is 0.345 e. The number of rotatable bonds is 3. The number of carbonyl (C=O) groups is 1. The second-order valence-corrected chi connectivity index (χ2v) is 4.98. The standard InChI is InChI=1S/C14H11BrN4O/c15-13-9(4-3-7-16-13)14(20)17-8-12-18-10-5-1-2-6-11(10)19-12/h1-7H,8H2,(H,17,20)(H,18,19). The Bertz CT molecular complexity index is 735. The molecule has 0 fully saturated rings. The van der Waals surface area contributed by atoms with E-state index in [2.05, 4.69) is 36.2 Å². The van der Waals surface area contributed by atoms with E-state index in [1.54, 1.807) is 18.3 Å². The Morgan fingerprint density at radius 3 is 2.90 bits per heavy atom. The molecule has 0 radical (unpaired) electrons. The number of imidazole rings is 1. The zero-order chi connectivity index (χ0) is 13.9. The van der Waals surface area contributed by atoms with Crippen molar-refractivity contribution in [1.82, 2.24) is 20.3 Å². The SMILES string of the molecule is O=C(NCc1nc2ccccc2[nH]1)c1cccnc1Br. The highest BCUT2D eigenvalue weighted by atomic mass is 79.9. The van der Waals surface area contributed by atoms with Crippen LogP contribution < -0.4 is 5.32 Å². The van der Waals surface area contributed by atoms with Crippen LogP contribution in [0.3, 0.4) is 0 Å². The third-order valence-electron chi connectivity index (χ3n) is 2.86. The maximum absolute atomic E-state index is 12.0. The van der Waals surface area contributed by atoms with Crippen molar-refractivity contribution in [2.24, 2.45) is 0 Å². The van der Waals surface area contributed by atoms with Crippen LogP contribution in [0, 0.1) is 0 Å². The Morgan fingerprint density at radius 1 is 1.25 bits per heavy atom. The fourth-order valence-corrected chi connectivity index (χ4v) is 2.33. The predicted octanol–water partition coefficient (Wildman–Crippen LogP) is 2.65. The molecule has 0 aliphatic heterocycles. The first-order chi connectivity index (χ1) is 9.74. The number of nitrogens with one attached hydrogen (secondary N) is 2. The number of para-hydroxylation sites is 2. The molecule has 0 unspecified atom stereocenters. The molecule has 3 aromatic rings. The molecule has 1 aromatic carbocycles. The van der Waals surface area contributed by atoms with Gasteiger partial charge in [0.15, 0.2) is 0 Å². The van der Waals surface area contributed by atoms with Crippen molar-refractivity contribution in [3.8, 4) is 0 Å². The summed E-state index contributed by atoms with van der Waals surface area (Å²) in [5.41, 5.74) is 2.35. The minimum atomic E-state index is -0.189. The highest BCUT2D eigenvalue weighted by molar-refractivity contribution is 9.10. The van der Waals surface area contributed by atoms with E-state index in [1.165, 1.54) is 0 Å². The number of fused-ring (bicyclic) bond motifs is 1. The second kappa shape index (κ2) is 5.42. The van der Waals surface area contributed by atoms with Crippen molar-refractivity contribution in [2.75, 3.05) is 0 Å². The topological polar surface area (TPSA) is 70.7 Å². The Labute approximate surface area is 123 Å². The number of nitrogens with zero attached hydrogens (tertiary/aromatic N) is 2. The second-order valence-electron chi connectivity index (χ2n) is 4.23. The lowest BCUT2D eigenvalue weighted by atomic mass is 10.3. The maximum atomic E-state index is 12.0. The molecule has 0 bridgehead atoms. The molecule has 0 saturated heterocycles. The highest BCUT2D eigenvalue weighted by Crippen LogP contribution is 2.13. The highest BCUT2D eigenvalue weighted by Gasteiger charge is 2.10. The first-order valence-corrected chi connectivity index (χ1v) is 6.85. The van der Waals surface area contributed by atoms with Gasteiger partial charge >= 0.3 is 0 Å². The number of hydrogen-bond acceptors (Lipinski definition) is 3. The van der Waals surface area contributed by atoms with Crippen molar-refractivity contribution in [1.29, 1.82) is 0 Å². The van der Waals surface area contributed by atoms with Gasteiger partial charge in [-0.25, -0.2) is 9.97 Å². The number of aromatic amines is 1. The number of halogens is 1. The fraction of sp³-hybridized carbons (Fsp3) is 0.0714. The van der Waals surface area contributed by atoms with Crippen LogP contribution in [0.1, 0.15) is 16.2 Å². The monoisotopic (exact) mass is 330 g/mol. The zero-order valence-electron chi connectivity index (χ0n) is 10.4. The first-order valence-electron chi connectivity index (χ1n) is 6.06. The smallest absolute Gasteiger partial charge is 0.254 e. The van der Waals surface area contributed by atoms with Crippen LogP contribution in [0.2, 0.25) is 0 Å². The van der Waals surface area contributed by atoms with Gasteiger partial charge in [-0.3, -0.25) is 4.79 Å². The number of H-pyrrole nitrogens is 1. The summed E-state index contributed by atoms with van der Waals surface area (Å²) in [6.07, 6.45) is 1.63. The molecule has 0 atom stereocenters. The molecule has 0 aliphatic carbocycles. The van der Waals surface area contributed by atoms with Gasteiger partial charge < -0.3 is 10.3 Å². The summed E-state index contributed by atoms with van der Waals surface area (Å²) in [6, 6.07) is 11.2. The zero-order valence-corrected chi connectivity index (χ0v) is 12.0. The molecule has 0 spiro atoms. The Kier molecular flexibility index (Phi) is 3.47. The van der Waals surface area contributed by atoms with E-state index in [1.807, 2.05) is 24.3 Å². The fourth-order valence-electron chi connectivity index (χ4n) is 1.90. The van der Waals surface area contributed by atoms with Crippen LogP contribution in [0.5, 0.6) is 0 Å². The molecule has 2 heterocycles. The van der Waals surface area contributed by atoms with E-state index in [-0.39, 0.29) is 5.91 Å². The number of carbonyl (C=O) groups excluding carboxylic acids is 1. The molecule has 0 saturated carbocycles. The maximum Gasteiger partial charge on any atom is 0.254 e. The molecule has 100 valence electrons. The van der Waals surface area contributed by atoms with Gasteiger partial charge in [0.1, 0.15) is 10.4 Å². The number of amides is 1. The van der Waals surface area contributed by atoms with Crippen molar-refractivity contribution in [3.63, 3.8) is 0 Å². The van der Waals surface area contributed by atoms with Gasteiger partial charge in [-0.05, 0) is 40.2 Å². The molecule has 1 amide bonds.